The zero-order valence-corrected chi connectivity index (χ0v) is 8.99. The smallest absolute Gasteiger partial charge is 0.358 e. The molecule has 0 N–H and O–H groups in total. The Morgan fingerprint density at radius 1 is 1.47 bits per heavy atom. The van der Waals surface area contributed by atoms with Gasteiger partial charge in [-0.05, 0) is 12.1 Å². The molecule has 0 amide bonds. The van der Waals surface area contributed by atoms with Gasteiger partial charge in [0.25, 0.3) is 0 Å². The van der Waals surface area contributed by atoms with Crippen molar-refractivity contribution in [3.05, 3.63) is 42.1 Å². The van der Waals surface area contributed by atoms with Crippen LogP contribution in [0.5, 0.6) is 0 Å². The van der Waals surface area contributed by atoms with Crippen LogP contribution >= 0.6 is 0 Å². The lowest BCUT2D eigenvalue weighted by Gasteiger charge is -2.03. The predicted molar refractivity (Wildman–Crippen MR) is 57.4 cm³/mol. The lowest BCUT2D eigenvalue weighted by atomic mass is 10.4. The molecule has 17 heavy (non-hydrogen) atoms. The number of rotatable bonds is 2. The Bertz CT molecular complexity index is 580. The molecule has 0 fully saturated rings. The summed E-state index contributed by atoms with van der Waals surface area (Å²) >= 11 is 0. The highest BCUT2D eigenvalue weighted by molar-refractivity contribution is 5.86. The van der Waals surface area contributed by atoms with Gasteiger partial charge in [-0.3, -0.25) is 4.57 Å². The fourth-order valence-corrected chi connectivity index (χ4v) is 1.33. The summed E-state index contributed by atoms with van der Waals surface area (Å²) in [7, 11) is 1.28. The fourth-order valence-electron chi connectivity index (χ4n) is 1.33. The first-order chi connectivity index (χ1) is 8.26. The Hall–Kier alpha value is -2.68. The second-order valence-electron chi connectivity index (χ2n) is 3.13. The Balaban J connectivity index is 2.37. The Labute approximate surface area is 97.1 Å². The first-order valence-corrected chi connectivity index (χ1v) is 4.74. The van der Waals surface area contributed by atoms with Gasteiger partial charge in [0.05, 0.1) is 19.5 Å². The minimum Gasteiger partial charge on any atom is -0.464 e. The third-order valence-electron chi connectivity index (χ3n) is 2.14. The Kier molecular flexibility index (Phi) is 2.83. The minimum absolute atomic E-state index is 0.127. The summed E-state index contributed by atoms with van der Waals surface area (Å²) in [5.41, 5.74) is 0.576. The maximum atomic E-state index is 11.2. The van der Waals surface area contributed by atoms with Crippen molar-refractivity contribution in [1.29, 1.82) is 5.26 Å². The number of methoxy groups -OCH3 is 1. The van der Waals surface area contributed by atoms with E-state index in [2.05, 4.69) is 14.7 Å². The molecule has 0 spiro atoms. The van der Waals surface area contributed by atoms with Crippen molar-refractivity contribution in [2.24, 2.45) is 0 Å². The summed E-state index contributed by atoms with van der Waals surface area (Å²) in [5, 5.41) is 8.86. The zero-order chi connectivity index (χ0) is 12.3. The van der Waals surface area contributed by atoms with Crippen LogP contribution in [0.2, 0.25) is 0 Å². The first kappa shape index (κ1) is 10.8. The van der Waals surface area contributed by atoms with Crippen LogP contribution in [0.3, 0.4) is 0 Å². The van der Waals surface area contributed by atoms with Crippen LogP contribution in [0.15, 0.2) is 30.7 Å². The summed E-state index contributed by atoms with van der Waals surface area (Å²) in [6, 6.07) is 5.42. The molecule has 0 atom stereocenters. The molecule has 0 saturated carbocycles. The van der Waals surface area contributed by atoms with E-state index in [1.807, 2.05) is 6.07 Å². The van der Waals surface area contributed by atoms with Crippen molar-refractivity contribution in [1.82, 2.24) is 14.5 Å². The van der Waals surface area contributed by atoms with Crippen molar-refractivity contribution in [3.8, 4) is 11.9 Å². The van der Waals surface area contributed by atoms with E-state index in [9.17, 15) is 4.79 Å². The second-order valence-corrected chi connectivity index (χ2v) is 3.13. The van der Waals surface area contributed by atoms with Crippen molar-refractivity contribution in [3.63, 3.8) is 0 Å². The van der Waals surface area contributed by atoms with E-state index in [-0.39, 0.29) is 5.69 Å². The average Bonchev–Trinajstić information content (AvgIpc) is 2.86. The van der Waals surface area contributed by atoms with Crippen LogP contribution in [0, 0.1) is 11.3 Å². The topological polar surface area (TPSA) is 80.8 Å². The molecular weight excluding hydrogens is 220 g/mol. The molecule has 6 nitrogen and oxygen atoms in total. The van der Waals surface area contributed by atoms with Crippen molar-refractivity contribution in [2.45, 2.75) is 0 Å². The highest BCUT2D eigenvalue weighted by atomic mass is 16.5. The van der Waals surface area contributed by atoms with Gasteiger partial charge in [0, 0.05) is 6.20 Å². The predicted octanol–water partition coefficient (Wildman–Crippen LogP) is 0.926. The summed E-state index contributed by atoms with van der Waals surface area (Å²) in [5.74, 6) is -0.0729. The molecule has 0 bridgehead atoms. The maximum Gasteiger partial charge on any atom is 0.358 e. The molecule has 0 aliphatic carbocycles. The number of nitriles is 1. The standard InChI is InChI=1S/C11H8N4O2/c1-17-11(16)9-6-14-10(7-13-9)15-4-2-3-8(15)5-12/h2-4,6-7H,1H3. The molecule has 0 aliphatic rings. The SMILES string of the molecule is COC(=O)c1cnc(-n2cccc2C#N)cn1. The highest BCUT2D eigenvalue weighted by Gasteiger charge is 2.09. The molecular formula is C11H8N4O2. The zero-order valence-electron chi connectivity index (χ0n) is 8.99. The molecule has 84 valence electrons. The van der Waals surface area contributed by atoms with Gasteiger partial charge in [-0.2, -0.15) is 5.26 Å². The molecule has 0 aromatic carbocycles. The highest BCUT2D eigenvalue weighted by Crippen LogP contribution is 2.08. The van der Waals surface area contributed by atoms with E-state index >= 15 is 0 Å². The molecule has 2 heterocycles. The number of ether oxygens (including phenoxy) is 1. The lowest BCUT2D eigenvalue weighted by molar-refractivity contribution is 0.0593. The molecule has 0 radical (unpaired) electrons. The molecule has 2 aromatic heterocycles. The van der Waals surface area contributed by atoms with Gasteiger partial charge in [0.1, 0.15) is 11.8 Å². The van der Waals surface area contributed by atoms with Gasteiger partial charge in [-0.1, -0.05) is 0 Å². The summed E-state index contributed by atoms with van der Waals surface area (Å²) in [6.07, 6.45) is 4.41. The van der Waals surface area contributed by atoms with Gasteiger partial charge >= 0.3 is 5.97 Å². The van der Waals surface area contributed by atoms with Gasteiger partial charge in [-0.15, -0.1) is 0 Å². The van der Waals surface area contributed by atoms with E-state index in [1.165, 1.54) is 19.5 Å². The molecule has 2 aromatic rings. The average molecular weight is 228 g/mol. The largest absolute Gasteiger partial charge is 0.464 e. The van der Waals surface area contributed by atoms with Crippen LogP contribution in [0.1, 0.15) is 16.2 Å². The molecule has 0 unspecified atom stereocenters. The van der Waals surface area contributed by atoms with Crippen LogP contribution in [0.4, 0.5) is 0 Å². The monoisotopic (exact) mass is 228 g/mol. The number of esters is 1. The van der Waals surface area contributed by atoms with E-state index < -0.39 is 5.97 Å². The van der Waals surface area contributed by atoms with Crippen LogP contribution in [0.25, 0.3) is 5.82 Å². The molecule has 6 heteroatoms. The van der Waals surface area contributed by atoms with Crippen LogP contribution < -0.4 is 0 Å². The third-order valence-corrected chi connectivity index (χ3v) is 2.14. The first-order valence-electron chi connectivity index (χ1n) is 4.74. The van der Waals surface area contributed by atoms with Gasteiger partial charge in [-0.25, -0.2) is 14.8 Å². The summed E-state index contributed by atoms with van der Waals surface area (Å²) in [6.45, 7) is 0. The number of carbonyl (C=O) groups excluding carboxylic acids is 1. The minimum atomic E-state index is -0.544. The van der Waals surface area contributed by atoms with Gasteiger partial charge < -0.3 is 4.74 Å². The lowest BCUT2D eigenvalue weighted by Crippen LogP contribution is -2.07. The number of hydrogen-bond acceptors (Lipinski definition) is 5. The number of nitrogens with zero attached hydrogens (tertiary/aromatic N) is 4. The number of hydrogen-bond donors (Lipinski definition) is 0. The van der Waals surface area contributed by atoms with Crippen LogP contribution in [-0.4, -0.2) is 27.6 Å². The number of carbonyl (C=O) groups is 1. The second kappa shape index (κ2) is 4.45. The Morgan fingerprint density at radius 2 is 2.29 bits per heavy atom. The summed E-state index contributed by atoms with van der Waals surface area (Å²) < 4.78 is 6.09. The fraction of sp³-hybridized carbons (Fsp3) is 0.0909. The summed E-state index contributed by atoms with van der Waals surface area (Å²) in [4.78, 5) is 19.1. The number of aromatic nitrogens is 3. The molecule has 0 aliphatic heterocycles. The van der Waals surface area contributed by atoms with Gasteiger partial charge in [0.15, 0.2) is 11.5 Å². The third kappa shape index (κ3) is 1.99. The molecule has 2 rings (SSSR count). The van der Waals surface area contributed by atoms with E-state index in [4.69, 9.17) is 5.26 Å². The van der Waals surface area contributed by atoms with Crippen LogP contribution in [-0.2, 0) is 4.74 Å². The maximum absolute atomic E-state index is 11.2. The normalized spacial score (nSPS) is 9.65. The van der Waals surface area contributed by atoms with E-state index in [0.29, 0.717) is 11.5 Å². The van der Waals surface area contributed by atoms with Crippen molar-refractivity contribution < 1.29 is 9.53 Å². The van der Waals surface area contributed by atoms with Crippen molar-refractivity contribution in [2.75, 3.05) is 7.11 Å². The molecule has 0 saturated heterocycles. The van der Waals surface area contributed by atoms with E-state index in [1.54, 1.807) is 22.9 Å². The Morgan fingerprint density at radius 3 is 2.88 bits per heavy atom. The quantitative estimate of drug-likeness (QED) is 0.714. The van der Waals surface area contributed by atoms with Crippen molar-refractivity contribution >= 4 is 5.97 Å². The van der Waals surface area contributed by atoms with Gasteiger partial charge in [0.2, 0.25) is 0 Å². The van der Waals surface area contributed by atoms with E-state index in [0.717, 1.165) is 0 Å².